The predicted molar refractivity (Wildman–Crippen MR) is 124 cm³/mol. The zero-order valence-corrected chi connectivity index (χ0v) is 19.2. The monoisotopic (exact) mass is 474 g/mol. The number of carbonyl (C=O) groups excluding carboxylic acids is 2. The highest BCUT2D eigenvalue weighted by Gasteiger charge is 2.45. The summed E-state index contributed by atoms with van der Waals surface area (Å²) in [7, 11) is 0. The molecule has 0 aromatic heterocycles. The molecule has 0 radical (unpaired) electrons. The first kappa shape index (κ1) is 23.4. The first-order valence-corrected chi connectivity index (χ1v) is 12.1. The van der Waals surface area contributed by atoms with Crippen molar-refractivity contribution in [3.63, 3.8) is 0 Å². The van der Waals surface area contributed by atoms with Crippen LogP contribution in [-0.4, -0.2) is 75.6 Å². The van der Waals surface area contributed by atoms with Gasteiger partial charge in [0.1, 0.15) is 18.9 Å². The number of ether oxygens (including phenoxy) is 1. The van der Waals surface area contributed by atoms with E-state index in [-0.39, 0.29) is 17.3 Å². The Morgan fingerprint density at radius 1 is 0.812 bits per heavy atom. The Labute approximate surface area is 196 Å². The van der Waals surface area contributed by atoms with Crippen molar-refractivity contribution in [2.45, 2.75) is 28.4 Å². The van der Waals surface area contributed by atoms with Crippen LogP contribution >= 0.6 is 23.9 Å². The lowest BCUT2D eigenvalue weighted by Gasteiger charge is -2.42. The SMILES string of the molecule is O=C(CO)c1ccc(SN2CCC3(CC2)OCCN3Sc2ccc(C(=O)CO)cc2)cc1. The Bertz CT molecular complexity index is 944. The highest BCUT2D eigenvalue weighted by molar-refractivity contribution is 7.97. The van der Waals surface area contributed by atoms with E-state index in [0.717, 1.165) is 42.3 Å². The minimum atomic E-state index is -0.477. The van der Waals surface area contributed by atoms with E-state index >= 15 is 0 Å². The lowest BCUT2D eigenvalue weighted by Crippen LogP contribution is -2.49. The van der Waals surface area contributed by atoms with Gasteiger partial charge >= 0.3 is 0 Å². The third kappa shape index (κ3) is 5.26. The van der Waals surface area contributed by atoms with Gasteiger partial charge < -0.3 is 14.9 Å². The maximum Gasteiger partial charge on any atom is 0.188 e. The highest BCUT2D eigenvalue weighted by Crippen LogP contribution is 2.42. The van der Waals surface area contributed by atoms with Crippen LogP contribution in [-0.2, 0) is 4.74 Å². The minimum Gasteiger partial charge on any atom is -0.388 e. The molecule has 0 amide bonds. The molecule has 4 rings (SSSR count). The Morgan fingerprint density at radius 2 is 1.31 bits per heavy atom. The standard InChI is InChI=1S/C23H26N2O5S2/c26-15-21(28)17-1-5-19(6-2-17)31-24-11-9-23(10-12-24)25(13-14-30-23)32-20-7-3-18(4-8-20)22(29)16-27/h1-8,26-27H,9-16H2. The molecule has 2 fully saturated rings. The summed E-state index contributed by atoms with van der Waals surface area (Å²) in [6.07, 6.45) is 1.77. The van der Waals surface area contributed by atoms with Crippen LogP contribution in [0.2, 0.25) is 0 Å². The van der Waals surface area contributed by atoms with Crippen molar-refractivity contribution in [2.75, 3.05) is 39.5 Å². The fourth-order valence-corrected chi connectivity index (χ4v) is 5.91. The molecule has 2 aliphatic heterocycles. The molecule has 2 heterocycles. The first-order chi connectivity index (χ1) is 15.5. The van der Waals surface area contributed by atoms with Gasteiger partial charge in [0.25, 0.3) is 0 Å². The molecular formula is C23H26N2O5S2. The summed E-state index contributed by atoms with van der Waals surface area (Å²) in [5.41, 5.74) is 0.747. The van der Waals surface area contributed by atoms with Crippen molar-refractivity contribution >= 4 is 35.5 Å². The molecule has 0 atom stereocenters. The van der Waals surface area contributed by atoms with Gasteiger partial charge in [-0.15, -0.1) is 0 Å². The summed E-state index contributed by atoms with van der Waals surface area (Å²) in [6, 6.07) is 14.7. The van der Waals surface area contributed by atoms with Gasteiger partial charge in [-0.1, -0.05) is 24.3 Å². The van der Waals surface area contributed by atoms with Gasteiger partial charge in [-0.25, -0.2) is 8.61 Å². The van der Waals surface area contributed by atoms with Gasteiger partial charge in [0, 0.05) is 53.4 Å². The number of rotatable bonds is 8. The second-order valence-corrected chi connectivity index (χ2v) is 9.98. The second kappa shape index (κ2) is 10.5. The summed E-state index contributed by atoms with van der Waals surface area (Å²) < 4.78 is 10.8. The van der Waals surface area contributed by atoms with E-state index in [0.29, 0.717) is 17.7 Å². The third-order valence-corrected chi connectivity index (χ3v) is 8.04. The number of aliphatic hydroxyl groups is 2. The number of Topliss-reactive ketones (excluding diaryl/α,β-unsaturated/α-hetero) is 2. The van der Waals surface area contributed by atoms with Crippen LogP contribution in [0.25, 0.3) is 0 Å². The second-order valence-electron chi connectivity index (χ2n) is 7.72. The van der Waals surface area contributed by atoms with E-state index in [9.17, 15) is 9.59 Å². The normalized spacial score (nSPS) is 18.8. The van der Waals surface area contributed by atoms with E-state index in [1.165, 1.54) is 0 Å². The van der Waals surface area contributed by atoms with Crippen molar-refractivity contribution < 1.29 is 24.5 Å². The first-order valence-electron chi connectivity index (χ1n) is 10.5. The van der Waals surface area contributed by atoms with Gasteiger partial charge in [-0.2, -0.15) is 0 Å². The van der Waals surface area contributed by atoms with E-state index in [4.69, 9.17) is 14.9 Å². The fourth-order valence-electron chi connectivity index (χ4n) is 3.91. The Morgan fingerprint density at radius 3 is 1.81 bits per heavy atom. The molecular weight excluding hydrogens is 448 g/mol. The summed E-state index contributed by atoms with van der Waals surface area (Å²) in [6.45, 7) is 2.35. The van der Waals surface area contributed by atoms with Gasteiger partial charge in [0.05, 0.1) is 6.61 Å². The van der Waals surface area contributed by atoms with Gasteiger partial charge in [-0.3, -0.25) is 9.59 Å². The summed E-state index contributed by atoms with van der Waals surface area (Å²) >= 11 is 3.33. The smallest absolute Gasteiger partial charge is 0.188 e. The fraction of sp³-hybridized carbons (Fsp3) is 0.391. The number of hydrogen-bond acceptors (Lipinski definition) is 9. The van der Waals surface area contributed by atoms with Crippen molar-refractivity contribution in [3.8, 4) is 0 Å². The van der Waals surface area contributed by atoms with E-state index in [1.54, 1.807) is 48.2 Å². The topological polar surface area (TPSA) is 90.3 Å². The molecule has 2 aromatic carbocycles. The van der Waals surface area contributed by atoms with Crippen LogP contribution < -0.4 is 0 Å². The Hall–Kier alpha value is -1.72. The van der Waals surface area contributed by atoms with Gasteiger partial charge in [0.15, 0.2) is 11.6 Å². The molecule has 2 aromatic rings. The lowest BCUT2D eigenvalue weighted by molar-refractivity contribution is -0.0766. The van der Waals surface area contributed by atoms with Crippen LogP contribution in [0.15, 0.2) is 58.3 Å². The van der Waals surface area contributed by atoms with Crippen molar-refractivity contribution in [1.29, 1.82) is 0 Å². The number of aliphatic hydroxyl groups excluding tert-OH is 2. The van der Waals surface area contributed by atoms with Crippen LogP contribution in [0.4, 0.5) is 0 Å². The van der Waals surface area contributed by atoms with Crippen LogP contribution in [0.1, 0.15) is 33.6 Å². The molecule has 9 heteroatoms. The van der Waals surface area contributed by atoms with Crippen molar-refractivity contribution in [3.05, 3.63) is 59.7 Å². The molecule has 2 saturated heterocycles. The average Bonchev–Trinajstić information content (AvgIpc) is 3.22. The number of nitrogens with zero attached hydrogens (tertiary/aromatic N) is 2. The van der Waals surface area contributed by atoms with Crippen molar-refractivity contribution in [2.24, 2.45) is 0 Å². The molecule has 0 saturated carbocycles. The number of hydrogen-bond donors (Lipinski definition) is 2. The van der Waals surface area contributed by atoms with Crippen LogP contribution in [0.5, 0.6) is 0 Å². The molecule has 1 spiro atoms. The molecule has 7 nitrogen and oxygen atoms in total. The maximum atomic E-state index is 11.6. The third-order valence-electron chi connectivity index (χ3n) is 5.71. The average molecular weight is 475 g/mol. The zero-order chi connectivity index (χ0) is 22.6. The molecule has 170 valence electrons. The molecule has 0 unspecified atom stereocenters. The number of carbonyl (C=O) groups is 2. The van der Waals surface area contributed by atoms with Gasteiger partial charge in [0.2, 0.25) is 0 Å². The Kier molecular flexibility index (Phi) is 7.67. The van der Waals surface area contributed by atoms with Crippen LogP contribution in [0, 0.1) is 0 Å². The quantitative estimate of drug-likeness (QED) is 0.443. The minimum absolute atomic E-state index is 0.271. The number of piperidine rings is 1. The van der Waals surface area contributed by atoms with Crippen molar-refractivity contribution in [1.82, 2.24) is 8.61 Å². The van der Waals surface area contributed by atoms with Gasteiger partial charge in [-0.05, 0) is 48.2 Å². The number of benzene rings is 2. The molecule has 2 N–H and O–H groups in total. The zero-order valence-electron chi connectivity index (χ0n) is 17.6. The van der Waals surface area contributed by atoms with Crippen LogP contribution in [0.3, 0.4) is 0 Å². The molecule has 2 aliphatic rings. The largest absolute Gasteiger partial charge is 0.388 e. The predicted octanol–water partition coefficient (Wildman–Crippen LogP) is 2.88. The molecule has 0 aliphatic carbocycles. The van der Waals surface area contributed by atoms with E-state index in [1.807, 2.05) is 24.3 Å². The summed E-state index contributed by atoms with van der Waals surface area (Å²) in [5, 5.41) is 18.0. The number of ketones is 2. The Balaban J connectivity index is 1.33. The molecule has 32 heavy (non-hydrogen) atoms. The summed E-state index contributed by atoms with van der Waals surface area (Å²) in [4.78, 5) is 25.3. The lowest BCUT2D eigenvalue weighted by atomic mass is 10.0. The molecule has 0 bridgehead atoms. The highest BCUT2D eigenvalue weighted by atomic mass is 32.2. The maximum absolute atomic E-state index is 11.6. The van der Waals surface area contributed by atoms with E-state index in [2.05, 4.69) is 8.61 Å². The van der Waals surface area contributed by atoms with E-state index < -0.39 is 13.2 Å². The summed E-state index contributed by atoms with van der Waals surface area (Å²) in [5.74, 6) is -0.547.